The van der Waals surface area contributed by atoms with Gasteiger partial charge in [-0.3, -0.25) is 4.79 Å². The van der Waals surface area contributed by atoms with Gasteiger partial charge in [0.15, 0.2) is 0 Å². The van der Waals surface area contributed by atoms with Gasteiger partial charge in [-0.15, -0.1) is 0 Å². The molecule has 1 amide bonds. The van der Waals surface area contributed by atoms with Crippen molar-refractivity contribution in [2.45, 2.75) is 26.2 Å². The molecule has 2 heterocycles. The standard InChI is InChI=1S/C15H17N3O/c1-8-5-9(2)17-14(8)7-12-11-6-10(16)3-4-13(11)18-15(12)19/h3-6,12,17H,7,16H2,1-2H3,(H,18,19). The number of rotatable bonds is 2. The van der Waals surface area contributed by atoms with Crippen molar-refractivity contribution in [1.29, 1.82) is 0 Å². The van der Waals surface area contributed by atoms with Crippen LogP contribution >= 0.6 is 0 Å². The summed E-state index contributed by atoms with van der Waals surface area (Å²) in [5.41, 5.74) is 11.8. The third kappa shape index (κ3) is 1.99. The monoisotopic (exact) mass is 255 g/mol. The Labute approximate surface area is 112 Å². The van der Waals surface area contributed by atoms with Crippen LogP contribution in [-0.4, -0.2) is 10.9 Å². The van der Waals surface area contributed by atoms with E-state index in [1.807, 2.05) is 25.1 Å². The second-order valence-corrected chi connectivity index (χ2v) is 5.21. The molecule has 4 nitrogen and oxygen atoms in total. The van der Waals surface area contributed by atoms with E-state index in [0.29, 0.717) is 12.1 Å². The summed E-state index contributed by atoms with van der Waals surface area (Å²) < 4.78 is 0. The number of aryl methyl sites for hydroxylation is 2. The van der Waals surface area contributed by atoms with Crippen molar-refractivity contribution in [3.05, 3.63) is 46.8 Å². The van der Waals surface area contributed by atoms with Gasteiger partial charge in [-0.1, -0.05) is 0 Å². The molecule has 1 unspecified atom stereocenters. The second-order valence-electron chi connectivity index (χ2n) is 5.21. The summed E-state index contributed by atoms with van der Waals surface area (Å²) in [5.74, 6) is -0.109. The number of carbonyl (C=O) groups is 1. The number of nitrogens with two attached hydrogens (primary N) is 1. The summed E-state index contributed by atoms with van der Waals surface area (Å²) in [6.45, 7) is 4.09. The van der Waals surface area contributed by atoms with E-state index in [4.69, 9.17) is 5.73 Å². The lowest BCUT2D eigenvalue weighted by atomic mass is 9.94. The van der Waals surface area contributed by atoms with Crippen LogP contribution in [-0.2, 0) is 11.2 Å². The fourth-order valence-electron chi connectivity index (χ4n) is 2.75. The maximum atomic E-state index is 12.1. The van der Waals surface area contributed by atoms with Gasteiger partial charge >= 0.3 is 0 Å². The summed E-state index contributed by atoms with van der Waals surface area (Å²) >= 11 is 0. The minimum Gasteiger partial charge on any atom is -0.399 e. The molecule has 0 spiro atoms. The molecule has 4 heteroatoms. The summed E-state index contributed by atoms with van der Waals surface area (Å²) in [5, 5.41) is 2.91. The van der Waals surface area contributed by atoms with Gasteiger partial charge in [-0.25, -0.2) is 0 Å². The normalized spacial score (nSPS) is 17.4. The van der Waals surface area contributed by atoms with E-state index in [2.05, 4.69) is 23.3 Å². The van der Waals surface area contributed by atoms with E-state index in [0.717, 1.165) is 22.6 Å². The Morgan fingerprint density at radius 1 is 1.26 bits per heavy atom. The van der Waals surface area contributed by atoms with Crippen molar-refractivity contribution in [2.24, 2.45) is 0 Å². The largest absolute Gasteiger partial charge is 0.399 e. The molecule has 0 saturated heterocycles. The molecular formula is C15H17N3O. The first-order valence-electron chi connectivity index (χ1n) is 6.40. The molecule has 4 N–H and O–H groups in total. The molecule has 2 aromatic rings. The number of benzene rings is 1. The molecule has 98 valence electrons. The maximum Gasteiger partial charge on any atom is 0.232 e. The Morgan fingerprint density at radius 3 is 2.74 bits per heavy atom. The minimum atomic E-state index is -0.157. The van der Waals surface area contributed by atoms with Gasteiger partial charge in [0.2, 0.25) is 5.91 Å². The van der Waals surface area contributed by atoms with Gasteiger partial charge in [0.25, 0.3) is 0 Å². The predicted octanol–water partition coefficient (Wildman–Crippen LogP) is 2.49. The van der Waals surface area contributed by atoms with Crippen LogP contribution in [0.5, 0.6) is 0 Å². The Hall–Kier alpha value is -2.23. The number of nitrogens with one attached hydrogen (secondary N) is 2. The Balaban J connectivity index is 1.96. The maximum absolute atomic E-state index is 12.1. The minimum absolute atomic E-state index is 0.0484. The smallest absolute Gasteiger partial charge is 0.232 e. The number of anilines is 2. The van der Waals surface area contributed by atoms with Crippen molar-refractivity contribution in [1.82, 2.24) is 4.98 Å². The van der Waals surface area contributed by atoms with Crippen molar-refractivity contribution >= 4 is 17.3 Å². The summed E-state index contributed by atoms with van der Waals surface area (Å²) in [6.07, 6.45) is 0.683. The fourth-order valence-corrected chi connectivity index (χ4v) is 2.75. The molecule has 1 atom stereocenters. The Bertz CT molecular complexity index is 657. The van der Waals surface area contributed by atoms with Gasteiger partial charge in [-0.05, 0) is 49.2 Å². The first kappa shape index (κ1) is 11.8. The molecule has 0 bridgehead atoms. The number of fused-ring (bicyclic) bond motifs is 1. The van der Waals surface area contributed by atoms with Gasteiger partial charge in [0.1, 0.15) is 0 Å². The van der Waals surface area contributed by atoms with E-state index in [-0.39, 0.29) is 11.8 Å². The molecule has 1 aliphatic rings. The summed E-state index contributed by atoms with van der Waals surface area (Å²) in [4.78, 5) is 15.4. The molecule has 19 heavy (non-hydrogen) atoms. The van der Waals surface area contributed by atoms with Crippen molar-refractivity contribution in [3.63, 3.8) is 0 Å². The highest BCUT2D eigenvalue weighted by Crippen LogP contribution is 2.36. The zero-order valence-electron chi connectivity index (χ0n) is 11.1. The van der Waals surface area contributed by atoms with Crippen LogP contribution in [0.15, 0.2) is 24.3 Å². The van der Waals surface area contributed by atoms with Crippen LogP contribution in [0.4, 0.5) is 11.4 Å². The molecule has 1 aromatic carbocycles. The van der Waals surface area contributed by atoms with Gasteiger partial charge < -0.3 is 16.0 Å². The first-order valence-corrected chi connectivity index (χ1v) is 6.40. The van der Waals surface area contributed by atoms with Crippen LogP contribution in [0.1, 0.15) is 28.4 Å². The Morgan fingerprint density at radius 2 is 2.05 bits per heavy atom. The Kier molecular flexibility index (Phi) is 2.59. The molecule has 0 fully saturated rings. The second kappa shape index (κ2) is 4.16. The lowest BCUT2D eigenvalue weighted by molar-refractivity contribution is -0.117. The number of carbonyl (C=O) groups excluding carboxylic acids is 1. The zero-order chi connectivity index (χ0) is 13.6. The van der Waals surface area contributed by atoms with E-state index in [1.165, 1.54) is 5.56 Å². The average Bonchev–Trinajstić information content (AvgIpc) is 2.81. The van der Waals surface area contributed by atoms with Crippen molar-refractivity contribution < 1.29 is 4.79 Å². The third-order valence-corrected chi connectivity index (χ3v) is 3.69. The van der Waals surface area contributed by atoms with Crippen LogP contribution < -0.4 is 11.1 Å². The van der Waals surface area contributed by atoms with E-state index >= 15 is 0 Å². The number of hydrogen-bond donors (Lipinski definition) is 3. The number of amides is 1. The zero-order valence-corrected chi connectivity index (χ0v) is 11.1. The number of hydrogen-bond acceptors (Lipinski definition) is 2. The topological polar surface area (TPSA) is 70.9 Å². The number of aromatic nitrogens is 1. The molecule has 3 rings (SSSR count). The predicted molar refractivity (Wildman–Crippen MR) is 76.2 cm³/mol. The highest BCUT2D eigenvalue weighted by atomic mass is 16.2. The van der Waals surface area contributed by atoms with Crippen molar-refractivity contribution in [3.8, 4) is 0 Å². The molecular weight excluding hydrogens is 238 g/mol. The molecule has 1 aromatic heterocycles. The summed E-state index contributed by atoms with van der Waals surface area (Å²) in [7, 11) is 0. The quantitative estimate of drug-likeness (QED) is 0.721. The SMILES string of the molecule is Cc1cc(C)c(CC2C(=O)Nc3ccc(N)cc32)[nH]1. The molecule has 1 aliphatic heterocycles. The first-order chi connectivity index (χ1) is 9.04. The lowest BCUT2D eigenvalue weighted by Gasteiger charge is -2.09. The number of aromatic amines is 1. The van der Waals surface area contributed by atoms with Crippen LogP contribution in [0, 0.1) is 13.8 Å². The van der Waals surface area contributed by atoms with E-state index in [9.17, 15) is 4.79 Å². The van der Waals surface area contributed by atoms with E-state index < -0.39 is 0 Å². The van der Waals surface area contributed by atoms with E-state index in [1.54, 1.807) is 0 Å². The summed E-state index contributed by atoms with van der Waals surface area (Å²) in [6, 6.07) is 7.67. The molecule has 0 saturated carbocycles. The van der Waals surface area contributed by atoms with Crippen LogP contribution in [0.25, 0.3) is 0 Å². The third-order valence-electron chi connectivity index (χ3n) is 3.69. The van der Waals surface area contributed by atoms with Gasteiger partial charge in [0, 0.05) is 29.2 Å². The lowest BCUT2D eigenvalue weighted by Crippen LogP contribution is -2.14. The van der Waals surface area contributed by atoms with Crippen LogP contribution in [0.3, 0.4) is 0 Å². The number of H-pyrrole nitrogens is 1. The highest BCUT2D eigenvalue weighted by Gasteiger charge is 2.31. The van der Waals surface area contributed by atoms with Crippen molar-refractivity contribution in [2.75, 3.05) is 11.1 Å². The fraction of sp³-hybridized carbons (Fsp3) is 0.267. The molecule has 0 radical (unpaired) electrons. The number of nitrogen functional groups attached to an aromatic ring is 1. The molecule has 0 aliphatic carbocycles. The van der Waals surface area contributed by atoms with Gasteiger partial charge in [-0.2, -0.15) is 0 Å². The average molecular weight is 255 g/mol. The van der Waals surface area contributed by atoms with Crippen LogP contribution in [0.2, 0.25) is 0 Å². The van der Waals surface area contributed by atoms with Gasteiger partial charge in [0.05, 0.1) is 5.92 Å². The highest BCUT2D eigenvalue weighted by molar-refractivity contribution is 6.03.